The van der Waals surface area contributed by atoms with Crippen LogP contribution in [0.2, 0.25) is 5.02 Å². The SMILES string of the molecule is COc1ccc(-c2ccncc2Cl)c2c(C(N)=O)c(C(C)=O)oc12. The van der Waals surface area contributed by atoms with Gasteiger partial charge in [0, 0.05) is 30.3 Å². The van der Waals surface area contributed by atoms with E-state index in [2.05, 4.69) is 4.98 Å². The van der Waals surface area contributed by atoms with Crippen LogP contribution in [0, 0.1) is 0 Å². The molecule has 0 saturated heterocycles. The summed E-state index contributed by atoms with van der Waals surface area (Å²) in [5.74, 6) is -0.894. The minimum atomic E-state index is -0.765. The molecule has 122 valence electrons. The Morgan fingerprint density at radius 3 is 2.58 bits per heavy atom. The average Bonchev–Trinajstić information content (AvgIpc) is 2.96. The van der Waals surface area contributed by atoms with Gasteiger partial charge in [-0.1, -0.05) is 11.6 Å². The number of furan rings is 1. The quantitative estimate of drug-likeness (QED) is 0.731. The highest BCUT2D eigenvalue weighted by atomic mass is 35.5. The molecule has 6 nitrogen and oxygen atoms in total. The maximum absolute atomic E-state index is 12.0. The van der Waals surface area contributed by atoms with Crippen LogP contribution in [0.1, 0.15) is 27.8 Å². The molecule has 0 radical (unpaired) electrons. The van der Waals surface area contributed by atoms with E-state index in [9.17, 15) is 9.59 Å². The van der Waals surface area contributed by atoms with Gasteiger partial charge in [0.1, 0.15) is 0 Å². The number of hydrogen-bond acceptors (Lipinski definition) is 5. The second-order valence-electron chi connectivity index (χ2n) is 5.10. The van der Waals surface area contributed by atoms with Crippen molar-refractivity contribution in [2.24, 2.45) is 5.73 Å². The van der Waals surface area contributed by atoms with Gasteiger partial charge in [0.05, 0.1) is 17.7 Å². The number of nitrogens with zero attached hydrogens (tertiary/aromatic N) is 1. The number of ether oxygens (including phenoxy) is 1. The van der Waals surface area contributed by atoms with Crippen LogP contribution in [0.15, 0.2) is 35.0 Å². The second kappa shape index (κ2) is 5.98. The Hall–Kier alpha value is -2.86. The van der Waals surface area contributed by atoms with E-state index in [4.69, 9.17) is 26.5 Å². The first-order valence-corrected chi connectivity index (χ1v) is 7.37. The van der Waals surface area contributed by atoms with Crippen LogP contribution < -0.4 is 10.5 Å². The number of rotatable bonds is 4. The zero-order chi connectivity index (χ0) is 17.4. The molecule has 2 heterocycles. The van der Waals surface area contributed by atoms with Gasteiger partial charge in [0.25, 0.3) is 5.91 Å². The number of carbonyl (C=O) groups is 2. The van der Waals surface area contributed by atoms with E-state index < -0.39 is 11.7 Å². The van der Waals surface area contributed by atoms with Crippen molar-refractivity contribution in [2.45, 2.75) is 6.92 Å². The number of fused-ring (bicyclic) bond motifs is 1. The summed E-state index contributed by atoms with van der Waals surface area (Å²) in [7, 11) is 1.47. The normalized spacial score (nSPS) is 10.8. The van der Waals surface area contributed by atoms with Gasteiger partial charge in [0.15, 0.2) is 22.9 Å². The molecule has 0 unspecified atom stereocenters. The number of nitrogens with two attached hydrogens (primary N) is 1. The monoisotopic (exact) mass is 344 g/mol. The van der Waals surface area contributed by atoms with Crippen LogP contribution in [-0.2, 0) is 0 Å². The van der Waals surface area contributed by atoms with Crippen LogP contribution in [-0.4, -0.2) is 23.8 Å². The summed E-state index contributed by atoms with van der Waals surface area (Å²) in [4.78, 5) is 27.8. The zero-order valence-corrected chi connectivity index (χ0v) is 13.7. The Balaban J connectivity index is 2.50. The van der Waals surface area contributed by atoms with E-state index in [0.29, 0.717) is 27.3 Å². The van der Waals surface area contributed by atoms with Crippen LogP contribution in [0.3, 0.4) is 0 Å². The Morgan fingerprint density at radius 1 is 1.25 bits per heavy atom. The lowest BCUT2D eigenvalue weighted by atomic mass is 9.97. The van der Waals surface area contributed by atoms with Crippen molar-refractivity contribution in [3.05, 3.63) is 46.9 Å². The molecule has 1 aromatic carbocycles. The molecule has 0 bridgehead atoms. The van der Waals surface area contributed by atoms with Crippen molar-refractivity contribution in [2.75, 3.05) is 7.11 Å². The van der Waals surface area contributed by atoms with Gasteiger partial charge in [-0.3, -0.25) is 14.6 Å². The topological polar surface area (TPSA) is 95.4 Å². The van der Waals surface area contributed by atoms with Gasteiger partial charge in [-0.15, -0.1) is 0 Å². The summed E-state index contributed by atoms with van der Waals surface area (Å²) in [5, 5.41) is 0.783. The number of benzene rings is 1. The smallest absolute Gasteiger partial charge is 0.253 e. The van der Waals surface area contributed by atoms with Crippen LogP contribution in [0.25, 0.3) is 22.1 Å². The number of Topliss-reactive ketones (excluding diaryl/α,β-unsaturated/α-hetero) is 1. The number of pyridine rings is 1. The number of carbonyl (C=O) groups excluding carboxylic acids is 2. The van der Waals surface area contributed by atoms with E-state index in [1.54, 1.807) is 24.4 Å². The molecule has 2 aromatic heterocycles. The summed E-state index contributed by atoms with van der Waals surface area (Å²) in [6.07, 6.45) is 3.07. The lowest BCUT2D eigenvalue weighted by Gasteiger charge is -2.08. The van der Waals surface area contributed by atoms with Crippen molar-refractivity contribution in [1.82, 2.24) is 4.98 Å². The maximum Gasteiger partial charge on any atom is 0.253 e. The molecule has 3 rings (SSSR count). The molecule has 0 aliphatic heterocycles. The van der Waals surface area contributed by atoms with Gasteiger partial charge >= 0.3 is 0 Å². The molecule has 7 heteroatoms. The molecule has 0 aliphatic rings. The maximum atomic E-state index is 12.0. The predicted octanol–water partition coefficient (Wildman–Crippen LogP) is 3.46. The summed E-state index contributed by atoms with van der Waals surface area (Å²) in [5.41, 5.74) is 7.02. The summed E-state index contributed by atoms with van der Waals surface area (Å²) in [6.45, 7) is 1.30. The molecule has 0 aliphatic carbocycles. The van der Waals surface area contributed by atoms with E-state index in [-0.39, 0.29) is 16.9 Å². The van der Waals surface area contributed by atoms with Crippen molar-refractivity contribution in [1.29, 1.82) is 0 Å². The van der Waals surface area contributed by atoms with Gasteiger partial charge in [-0.25, -0.2) is 0 Å². The van der Waals surface area contributed by atoms with Crippen molar-refractivity contribution < 1.29 is 18.7 Å². The number of halogens is 1. The third kappa shape index (κ3) is 2.41. The van der Waals surface area contributed by atoms with Crippen LogP contribution >= 0.6 is 11.6 Å². The Labute approximate surface area is 142 Å². The Bertz CT molecular complexity index is 978. The van der Waals surface area contributed by atoms with Crippen molar-refractivity contribution in [3.8, 4) is 16.9 Å². The third-order valence-corrected chi connectivity index (χ3v) is 3.95. The minimum absolute atomic E-state index is 0.0132. The molecule has 0 saturated carbocycles. The first-order chi connectivity index (χ1) is 11.5. The second-order valence-corrected chi connectivity index (χ2v) is 5.51. The fourth-order valence-electron chi connectivity index (χ4n) is 2.64. The van der Waals surface area contributed by atoms with Gasteiger partial charge in [-0.2, -0.15) is 0 Å². The molecule has 24 heavy (non-hydrogen) atoms. The number of aromatic nitrogens is 1. The van der Waals surface area contributed by atoms with E-state index >= 15 is 0 Å². The first kappa shape index (κ1) is 16.0. The molecule has 2 N–H and O–H groups in total. The molecule has 0 atom stereocenters. The fraction of sp³-hybridized carbons (Fsp3) is 0.118. The predicted molar refractivity (Wildman–Crippen MR) is 89.5 cm³/mol. The highest BCUT2D eigenvalue weighted by molar-refractivity contribution is 6.34. The zero-order valence-electron chi connectivity index (χ0n) is 12.9. The summed E-state index contributed by atoms with van der Waals surface area (Å²) in [6, 6.07) is 5.11. The molecule has 0 fully saturated rings. The molecule has 0 spiro atoms. The fourth-order valence-corrected chi connectivity index (χ4v) is 2.86. The van der Waals surface area contributed by atoms with E-state index in [1.165, 1.54) is 20.2 Å². The molecule has 1 amide bonds. The lowest BCUT2D eigenvalue weighted by molar-refractivity contribution is 0.0958. The highest BCUT2D eigenvalue weighted by Gasteiger charge is 2.27. The number of primary amides is 1. The van der Waals surface area contributed by atoms with Gasteiger partial charge in [0.2, 0.25) is 0 Å². The number of amides is 1. The van der Waals surface area contributed by atoms with Crippen molar-refractivity contribution in [3.63, 3.8) is 0 Å². The van der Waals surface area contributed by atoms with E-state index in [0.717, 1.165) is 0 Å². The van der Waals surface area contributed by atoms with Crippen LogP contribution in [0.5, 0.6) is 5.75 Å². The molecule has 3 aromatic rings. The van der Waals surface area contributed by atoms with Crippen LogP contribution in [0.4, 0.5) is 0 Å². The van der Waals surface area contributed by atoms with Gasteiger partial charge < -0.3 is 14.9 Å². The largest absolute Gasteiger partial charge is 0.493 e. The molecular weight excluding hydrogens is 332 g/mol. The molecular formula is C17H13ClN2O4. The Morgan fingerprint density at radius 2 is 2.00 bits per heavy atom. The van der Waals surface area contributed by atoms with Crippen molar-refractivity contribution >= 4 is 34.3 Å². The number of methoxy groups -OCH3 is 1. The average molecular weight is 345 g/mol. The highest BCUT2D eigenvalue weighted by Crippen LogP contribution is 2.41. The lowest BCUT2D eigenvalue weighted by Crippen LogP contribution is -2.14. The number of ketones is 1. The third-order valence-electron chi connectivity index (χ3n) is 3.65. The Kier molecular flexibility index (Phi) is 3.99. The number of hydrogen-bond donors (Lipinski definition) is 1. The first-order valence-electron chi connectivity index (χ1n) is 6.99. The van der Waals surface area contributed by atoms with E-state index in [1.807, 2.05) is 0 Å². The minimum Gasteiger partial charge on any atom is -0.493 e. The summed E-state index contributed by atoms with van der Waals surface area (Å²) < 4.78 is 10.9. The standard InChI is InChI=1S/C17H13ClN2O4/c1-8(21)15-14(17(19)22)13-10(9-5-6-20-7-11(9)18)3-4-12(23-2)16(13)24-15/h3-7H,1-2H3,(H2,19,22). The summed E-state index contributed by atoms with van der Waals surface area (Å²) >= 11 is 6.23. The van der Waals surface area contributed by atoms with Gasteiger partial charge in [-0.05, 0) is 23.8 Å².